The van der Waals surface area contributed by atoms with E-state index in [-0.39, 0.29) is 0 Å². The zero-order chi connectivity index (χ0) is 10.3. The van der Waals surface area contributed by atoms with Crippen LogP contribution >= 0.6 is 0 Å². The fourth-order valence-corrected chi connectivity index (χ4v) is 2.56. The molecule has 2 heteroatoms. The maximum atomic E-state index is 3.46. The van der Waals surface area contributed by atoms with Gasteiger partial charge >= 0.3 is 0 Å². The summed E-state index contributed by atoms with van der Waals surface area (Å²) in [5, 5.41) is 3.46. The minimum Gasteiger partial charge on any atom is -0.315 e. The average Bonchev–Trinajstić information content (AvgIpc) is 2.56. The van der Waals surface area contributed by atoms with Crippen molar-refractivity contribution < 1.29 is 0 Å². The molecule has 0 spiro atoms. The van der Waals surface area contributed by atoms with E-state index < -0.39 is 0 Å². The first-order valence-corrected chi connectivity index (χ1v) is 6.56. The van der Waals surface area contributed by atoms with Crippen molar-refractivity contribution in [3.63, 3.8) is 0 Å². The number of allylic oxidation sites excluding steroid dienone is 1. The molecule has 1 saturated heterocycles. The Kier molecular flexibility index (Phi) is 4.68. The first-order valence-electron chi connectivity index (χ1n) is 6.56. The second-order valence-electron chi connectivity index (χ2n) is 4.80. The molecule has 15 heavy (non-hydrogen) atoms. The van der Waals surface area contributed by atoms with Crippen LogP contribution in [0.2, 0.25) is 0 Å². The van der Waals surface area contributed by atoms with Crippen LogP contribution in [0, 0.1) is 0 Å². The Hall–Kier alpha value is -0.340. The minimum absolute atomic E-state index is 1.18. The fourth-order valence-electron chi connectivity index (χ4n) is 2.56. The van der Waals surface area contributed by atoms with Crippen molar-refractivity contribution in [1.82, 2.24) is 10.2 Å². The lowest BCUT2D eigenvalue weighted by molar-refractivity contribution is 0.294. The third kappa shape index (κ3) is 3.96. The molecule has 2 rings (SSSR count). The molecule has 2 nitrogen and oxygen atoms in total. The van der Waals surface area contributed by atoms with Gasteiger partial charge in [-0.15, -0.1) is 0 Å². The summed E-state index contributed by atoms with van der Waals surface area (Å²) in [4.78, 5) is 2.62. The van der Waals surface area contributed by atoms with E-state index in [1.165, 1.54) is 71.2 Å². The molecule has 0 radical (unpaired) electrons. The van der Waals surface area contributed by atoms with Gasteiger partial charge in [0.1, 0.15) is 0 Å². The molecule has 0 unspecified atom stereocenters. The summed E-state index contributed by atoms with van der Waals surface area (Å²) in [5.41, 5.74) is 1.72. The molecule has 1 heterocycles. The third-order valence-corrected chi connectivity index (χ3v) is 3.57. The molecule has 0 amide bonds. The summed E-state index contributed by atoms with van der Waals surface area (Å²) in [5.74, 6) is 0. The molecule has 86 valence electrons. The quantitative estimate of drug-likeness (QED) is 0.715. The summed E-state index contributed by atoms with van der Waals surface area (Å²) in [6, 6.07) is 0. The Morgan fingerprint density at radius 3 is 3.00 bits per heavy atom. The van der Waals surface area contributed by atoms with Gasteiger partial charge in [0.2, 0.25) is 0 Å². The minimum atomic E-state index is 1.18. The van der Waals surface area contributed by atoms with Gasteiger partial charge in [-0.2, -0.15) is 0 Å². The zero-order valence-electron chi connectivity index (χ0n) is 9.80. The molecular formula is C13H24N2. The van der Waals surface area contributed by atoms with E-state index in [9.17, 15) is 0 Å². The van der Waals surface area contributed by atoms with Crippen LogP contribution < -0.4 is 5.32 Å². The van der Waals surface area contributed by atoms with E-state index in [0.717, 1.165) is 0 Å². The fraction of sp³-hybridized carbons (Fsp3) is 0.846. The van der Waals surface area contributed by atoms with Gasteiger partial charge in [-0.3, -0.25) is 0 Å². The maximum Gasteiger partial charge on any atom is 0.0107 e. The van der Waals surface area contributed by atoms with Gasteiger partial charge in [0, 0.05) is 19.6 Å². The lowest BCUT2D eigenvalue weighted by atomic mass is 9.97. The van der Waals surface area contributed by atoms with Crippen molar-refractivity contribution in [3.05, 3.63) is 11.6 Å². The van der Waals surface area contributed by atoms with Gasteiger partial charge < -0.3 is 10.2 Å². The number of hydrogen-bond acceptors (Lipinski definition) is 2. The van der Waals surface area contributed by atoms with Crippen LogP contribution in [0.4, 0.5) is 0 Å². The van der Waals surface area contributed by atoms with Gasteiger partial charge in [0.15, 0.2) is 0 Å². The highest BCUT2D eigenvalue weighted by Gasteiger charge is 2.09. The van der Waals surface area contributed by atoms with Crippen molar-refractivity contribution in [2.75, 3.05) is 32.7 Å². The summed E-state index contributed by atoms with van der Waals surface area (Å²) >= 11 is 0. The summed E-state index contributed by atoms with van der Waals surface area (Å²) in [6.07, 6.45) is 10.7. The lowest BCUT2D eigenvalue weighted by Gasteiger charge is -2.21. The van der Waals surface area contributed by atoms with Gasteiger partial charge in [-0.05, 0) is 51.6 Å². The van der Waals surface area contributed by atoms with Crippen molar-refractivity contribution in [3.8, 4) is 0 Å². The highest BCUT2D eigenvalue weighted by molar-refractivity contribution is 5.05. The number of hydrogen-bond donors (Lipinski definition) is 1. The van der Waals surface area contributed by atoms with E-state index in [4.69, 9.17) is 0 Å². The molecule has 1 aliphatic carbocycles. The molecule has 1 aliphatic heterocycles. The van der Waals surface area contributed by atoms with Crippen LogP contribution in [-0.4, -0.2) is 37.6 Å². The molecule has 0 aromatic rings. The predicted octanol–water partition coefficient (Wildman–Crippen LogP) is 2.17. The first kappa shape index (κ1) is 11.2. The molecule has 1 N–H and O–H groups in total. The van der Waals surface area contributed by atoms with Gasteiger partial charge in [0.25, 0.3) is 0 Å². The third-order valence-electron chi connectivity index (χ3n) is 3.57. The Balaban J connectivity index is 1.69. The summed E-state index contributed by atoms with van der Waals surface area (Å²) in [7, 11) is 0. The summed E-state index contributed by atoms with van der Waals surface area (Å²) in [6.45, 7) is 6.21. The van der Waals surface area contributed by atoms with Crippen LogP contribution in [0.3, 0.4) is 0 Å². The van der Waals surface area contributed by atoms with Crippen molar-refractivity contribution in [2.24, 2.45) is 0 Å². The maximum absolute atomic E-state index is 3.46. The Morgan fingerprint density at radius 2 is 2.13 bits per heavy atom. The number of rotatable bonds is 3. The molecule has 2 aliphatic rings. The monoisotopic (exact) mass is 208 g/mol. The van der Waals surface area contributed by atoms with Gasteiger partial charge in [-0.25, -0.2) is 0 Å². The normalized spacial score (nSPS) is 24.7. The number of nitrogens with zero attached hydrogens (tertiary/aromatic N) is 1. The van der Waals surface area contributed by atoms with E-state index in [2.05, 4.69) is 16.3 Å². The largest absolute Gasteiger partial charge is 0.315 e. The average molecular weight is 208 g/mol. The van der Waals surface area contributed by atoms with E-state index in [1.54, 1.807) is 5.57 Å². The predicted molar refractivity (Wildman–Crippen MR) is 65.1 cm³/mol. The second kappa shape index (κ2) is 6.29. The lowest BCUT2D eigenvalue weighted by Crippen LogP contribution is -2.29. The Morgan fingerprint density at radius 1 is 1.13 bits per heavy atom. The molecular weight excluding hydrogens is 184 g/mol. The Labute approximate surface area is 93.7 Å². The number of nitrogens with one attached hydrogen (secondary N) is 1. The molecule has 0 bridgehead atoms. The Bertz CT molecular complexity index is 203. The van der Waals surface area contributed by atoms with Gasteiger partial charge in [0.05, 0.1) is 0 Å². The SMILES string of the molecule is C1=C(CCN2CCCNCC2)CCCC1. The van der Waals surface area contributed by atoms with Crippen LogP contribution in [0.25, 0.3) is 0 Å². The summed E-state index contributed by atoms with van der Waals surface area (Å²) < 4.78 is 0. The molecule has 0 atom stereocenters. The highest BCUT2D eigenvalue weighted by Crippen LogP contribution is 2.20. The van der Waals surface area contributed by atoms with Crippen LogP contribution in [0.5, 0.6) is 0 Å². The van der Waals surface area contributed by atoms with E-state index in [0.29, 0.717) is 0 Å². The zero-order valence-corrected chi connectivity index (χ0v) is 9.80. The second-order valence-corrected chi connectivity index (χ2v) is 4.80. The highest BCUT2D eigenvalue weighted by atomic mass is 15.1. The standard InChI is InChI=1S/C13H24N2/c1-2-5-13(6-3-1)7-11-15-10-4-8-14-9-12-15/h5,14H,1-4,6-12H2. The van der Waals surface area contributed by atoms with E-state index >= 15 is 0 Å². The van der Waals surface area contributed by atoms with Crippen molar-refractivity contribution in [2.45, 2.75) is 38.5 Å². The molecule has 0 aromatic heterocycles. The molecule has 0 aromatic carbocycles. The van der Waals surface area contributed by atoms with Gasteiger partial charge in [-0.1, -0.05) is 11.6 Å². The van der Waals surface area contributed by atoms with Crippen LogP contribution in [0.15, 0.2) is 11.6 Å². The van der Waals surface area contributed by atoms with Crippen LogP contribution in [-0.2, 0) is 0 Å². The van der Waals surface area contributed by atoms with Crippen molar-refractivity contribution >= 4 is 0 Å². The van der Waals surface area contributed by atoms with E-state index in [1.807, 2.05) is 0 Å². The topological polar surface area (TPSA) is 15.3 Å². The first-order chi connectivity index (χ1) is 7.45. The molecule has 0 saturated carbocycles. The van der Waals surface area contributed by atoms with Crippen LogP contribution in [0.1, 0.15) is 38.5 Å². The van der Waals surface area contributed by atoms with Crippen molar-refractivity contribution in [1.29, 1.82) is 0 Å². The molecule has 1 fully saturated rings. The smallest absolute Gasteiger partial charge is 0.0107 e.